The van der Waals surface area contributed by atoms with E-state index >= 15 is 0 Å². The lowest BCUT2D eigenvalue weighted by Gasteiger charge is -2.03. The van der Waals surface area contributed by atoms with Gasteiger partial charge in [-0.05, 0) is 32.0 Å². The summed E-state index contributed by atoms with van der Waals surface area (Å²) in [6.07, 6.45) is 0. The molecule has 0 aliphatic carbocycles. The van der Waals surface area contributed by atoms with Crippen molar-refractivity contribution in [3.63, 3.8) is 0 Å². The molecule has 0 spiro atoms. The maximum atomic E-state index is 4.41. The second-order valence-electron chi connectivity index (χ2n) is 3.48. The molecule has 1 aromatic heterocycles. The molecule has 2 nitrogen and oxygen atoms in total. The summed E-state index contributed by atoms with van der Waals surface area (Å²) in [5.74, 6) is 0.786. The molecule has 0 aliphatic rings. The lowest BCUT2D eigenvalue weighted by molar-refractivity contribution is 1.06. The van der Waals surface area contributed by atoms with E-state index in [2.05, 4.69) is 25.9 Å². The molecule has 0 saturated carbocycles. The van der Waals surface area contributed by atoms with Crippen LogP contribution < -0.4 is 0 Å². The Morgan fingerprint density at radius 1 is 1.00 bits per heavy atom. The van der Waals surface area contributed by atoms with Crippen LogP contribution >= 0.6 is 15.9 Å². The molecule has 0 amide bonds. The van der Waals surface area contributed by atoms with Gasteiger partial charge in [0.25, 0.3) is 0 Å². The number of benzene rings is 1. The molecular weight excluding hydrogens is 252 g/mol. The average molecular weight is 263 g/mol. The minimum absolute atomic E-state index is 0.786. The maximum Gasteiger partial charge on any atom is 0.159 e. The first kappa shape index (κ1) is 10.3. The van der Waals surface area contributed by atoms with Gasteiger partial charge in [-0.25, -0.2) is 9.97 Å². The van der Waals surface area contributed by atoms with Crippen molar-refractivity contribution in [2.45, 2.75) is 13.8 Å². The van der Waals surface area contributed by atoms with E-state index < -0.39 is 0 Å². The first-order valence-electron chi connectivity index (χ1n) is 4.73. The van der Waals surface area contributed by atoms with E-state index in [4.69, 9.17) is 0 Å². The summed E-state index contributed by atoms with van der Waals surface area (Å²) in [7, 11) is 0. The largest absolute Gasteiger partial charge is 0.233 e. The fourth-order valence-corrected chi connectivity index (χ4v) is 1.88. The molecule has 1 heterocycles. The highest BCUT2D eigenvalue weighted by atomic mass is 79.9. The van der Waals surface area contributed by atoms with Crippen LogP contribution in [0.25, 0.3) is 11.4 Å². The maximum absolute atomic E-state index is 4.41. The van der Waals surface area contributed by atoms with Crippen LogP contribution in [0.4, 0.5) is 0 Å². The number of hydrogen-bond acceptors (Lipinski definition) is 2. The molecule has 0 unspecified atom stereocenters. The van der Waals surface area contributed by atoms with Crippen molar-refractivity contribution in [1.82, 2.24) is 9.97 Å². The monoisotopic (exact) mass is 262 g/mol. The van der Waals surface area contributed by atoms with E-state index in [0.717, 1.165) is 27.2 Å². The van der Waals surface area contributed by atoms with Crippen LogP contribution in [0.1, 0.15) is 11.4 Å². The van der Waals surface area contributed by atoms with Gasteiger partial charge in [-0.1, -0.05) is 28.1 Å². The van der Waals surface area contributed by atoms with E-state index in [0.29, 0.717) is 0 Å². The zero-order valence-corrected chi connectivity index (χ0v) is 10.2. The lowest BCUT2D eigenvalue weighted by Crippen LogP contribution is -1.94. The Labute approximate surface area is 97.5 Å². The molecule has 15 heavy (non-hydrogen) atoms. The third-order valence-corrected chi connectivity index (χ3v) is 2.56. The third-order valence-electron chi connectivity index (χ3n) is 2.07. The smallest absolute Gasteiger partial charge is 0.159 e. The van der Waals surface area contributed by atoms with Crippen molar-refractivity contribution >= 4 is 15.9 Å². The fourth-order valence-electron chi connectivity index (χ4n) is 1.48. The molecule has 0 N–H and O–H groups in total. The van der Waals surface area contributed by atoms with Crippen LogP contribution in [0, 0.1) is 13.8 Å². The zero-order valence-electron chi connectivity index (χ0n) is 8.66. The number of hydrogen-bond donors (Lipinski definition) is 0. The van der Waals surface area contributed by atoms with Crippen molar-refractivity contribution in [1.29, 1.82) is 0 Å². The first-order valence-corrected chi connectivity index (χ1v) is 5.53. The SMILES string of the molecule is Cc1cc(C)nc(-c2cccc(Br)c2)n1. The van der Waals surface area contributed by atoms with Crippen LogP contribution in [-0.2, 0) is 0 Å². The predicted molar refractivity (Wildman–Crippen MR) is 64.6 cm³/mol. The highest BCUT2D eigenvalue weighted by molar-refractivity contribution is 9.10. The van der Waals surface area contributed by atoms with E-state index in [-0.39, 0.29) is 0 Å². The van der Waals surface area contributed by atoms with Crippen LogP contribution in [0.15, 0.2) is 34.8 Å². The van der Waals surface area contributed by atoms with Crippen molar-refractivity contribution in [3.05, 3.63) is 46.2 Å². The molecule has 76 valence electrons. The van der Waals surface area contributed by atoms with Gasteiger partial charge in [0, 0.05) is 21.4 Å². The molecular formula is C12H11BrN2. The molecule has 2 aromatic rings. The van der Waals surface area contributed by atoms with Crippen LogP contribution in [0.5, 0.6) is 0 Å². The Kier molecular flexibility index (Phi) is 2.82. The summed E-state index contributed by atoms with van der Waals surface area (Å²) in [4.78, 5) is 8.83. The molecule has 1 aromatic carbocycles. The van der Waals surface area contributed by atoms with Gasteiger partial charge in [-0.3, -0.25) is 0 Å². The summed E-state index contributed by atoms with van der Waals surface area (Å²) in [6, 6.07) is 9.99. The van der Waals surface area contributed by atoms with Gasteiger partial charge in [0.2, 0.25) is 0 Å². The predicted octanol–water partition coefficient (Wildman–Crippen LogP) is 3.52. The number of aryl methyl sites for hydroxylation is 2. The molecule has 0 bridgehead atoms. The van der Waals surface area contributed by atoms with Gasteiger partial charge in [-0.2, -0.15) is 0 Å². The minimum atomic E-state index is 0.786. The van der Waals surface area contributed by atoms with Crippen LogP contribution in [-0.4, -0.2) is 9.97 Å². The lowest BCUT2D eigenvalue weighted by atomic mass is 10.2. The van der Waals surface area contributed by atoms with E-state index in [1.165, 1.54) is 0 Å². The Balaban J connectivity index is 2.54. The Hall–Kier alpha value is -1.22. The van der Waals surface area contributed by atoms with Crippen molar-refractivity contribution in [3.8, 4) is 11.4 Å². The molecule has 0 aliphatic heterocycles. The second-order valence-corrected chi connectivity index (χ2v) is 4.40. The third kappa shape index (κ3) is 2.42. The Morgan fingerprint density at radius 3 is 2.27 bits per heavy atom. The van der Waals surface area contributed by atoms with Gasteiger partial charge < -0.3 is 0 Å². The second kappa shape index (κ2) is 4.11. The van der Waals surface area contributed by atoms with Gasteiger partial charge in [0.05, 0.1) is 0 Å². The molecule has 3 heteroatoms. The van der Waals surface area contributed by atoms with Crippen molar-refractivity contribution in [2.75, 3.05) is 0 Å². The number of halogens is 1. The van der Waals surface area contributed by atoms with Crippen LogP contribution in [0.2, 0.25) is 0 Å². The summed E-state index contributed by atoms with van der Waals surface area (Å²) in [5.41, 5.74) is 3.03. The molecule has 0 fully saturated rings. The zero-order chi connectivity index (χ0) is 10.8. The topological polar surface area (TPSA) is 25.8 Å². The molecule has 0 radical (unpaired) electrons. The number of rotatable bonds is 1. The molecule has 0 atom stereocenters. The molecule has 2 rings (SSSR count). The first-order chi connectivity index (χ1) is 7.15. The van der Waals surface area contributed by atoms with E-state index in [9.17, 15) is 0 Å². The number of nitrogens with zero attached hydrogens (tertiary/aromatic N) is 2. The highest BCUT2D eigenvalue weighted by Gasteiger charge is 2.02. The van der Waals surface area contributed by atoms with Gasteiger partial charge in [0.15, 0.2) is 5.82 Å². The summed E-state index contributed by atoms with van der Waals surface area (Å²) < 4.78 is 1.04. The Bertz CT molecular complexity index is 474. The minimum Gasteiger partial charge on any atom is -0.233 e. The Morgan fingerprint density at radius 2 is 1.67 bits per heavy atom. The summed E-state index contributed by atoms with van der Waals surface area (Å²) in [6.45, 7) is 3.96. The fraction of sp³-hybridized carbons (Fsp3) is 0.167. The van der Waals surface area contributed by atoms with E-state index in [1.54, 1.807) is 0 Å². The normalized spacial score (nSPS) is 10.3. The quantitative estimate of drug-likeness (QED) is 0.786. The van der Waals surface area contributed by atoms with Crippen molar-refractivity contribution < 1.29 is 0 Å². The van der Waals surface area contributed by atoms with Gasteiger partial charge in [0.1, 0.15) is 0 Å². The summed E-state index contributed by atoms with van der Waals surface area (Å²) in [5, 5.41) is 0. The van der Waals surface area contributed by atoms with Crippen molar-refractivity contribution in [2.24, 2.45) is 0 Å². The molecule has 0 saturated heterocycles. The van der Waals surface area contributed by atoms with Gasteiger partial charge >= 0.3 is 0 Å². The van der Waals surface area contributed by atoms with Gasteiger partial charge in [-0.15, -0.1) is 0 Å². The standard InChI is InChI=1S/C12H11BrN2/c1-8-6-9(2)15-12(14-8)10-4-3-5-11(13)7-10/h3-7H,1-2H3. The number of aromatic nitrogens is 2. The summed E-state index contributed by atoms with van der Waals surface area (Å²) >= 11 is 3.44. The van der Waals surface area contributed by atoms with E-state index in [1.807, 2.05) is 44.2 Å². The van der Waals surface area contributed by atoms with Crippen LogP contribution in [0.3, 0.4) is 0 Å². The highest BCUT2D eigenvalue weighted by Crippen LogP contribution is 2.20. The average Bonchev–Trinajstić information content (AvgIpc) is 2.16.